The first-order valence-corrected chi connectivity index (χ1v) is 7.06. The lowest BCUT2D eigenvalue weighted by Crippen LogP contribution is -2.21. The quantitative estimate of drug-likeness (QED) is 0.497. The molecule has 0 aromatic carbocycles. The van der Waals surface area contributed by atoms with Gasteiger partial charge in [-0.05, 0) is 30.1 Å². The van der Waals surface area contributed by atoms with E-state index in [0.29, 0.717) is 0 Å². The Balaban J connectivity index is 4.25. The minimum absolute atomic E-state index is 0.854. The Hall–Kier alpha value is 0. The fourth-order valence-corrected chi connectivity index (χ4v) is 2.84. The molecule has 15 heavy (non-hydrogen) atoms. The van der Waals surface area contributed by atoms with Crippen LogP contribution in [0, 0.1) is 23.7 Å². The molecule has 0 aliphatic rings. The zero-order valence-corrected chi connectivity index (χ0v) is 11.8. The van der Waals surface area contributed by atoms with Crippen LogP contribution in [0.4, 0.5) is 0 Å². The Kier molecular flexibility index (Phi) is 8.19. The highest BCUT2D eigenvalue weighted by atomic mass is 14.3. The van der Waals surface area contributed by atoms with E-state index < -0.39 is 0 Å². The highest BCUT2D eigenvalue weighted by molar-refractivity contribution is 4.73. The molecule has 0 heterocycles. The zero-order chi connectivity index (χ0) is 11.8. The maximum absolute atomic E-state index is 2.45. The van der Waals surface area contributed by atoms with E-state index >= 15 is 0 Å². The van der Waals surface area contributed by atoms with Crippen molar-refractivity contribution in [2.45, 2.75) is 73.6 Å². The van der Waals surface area contributed by atoms with Crippen molar-refractivity contribution < 1.29 is 0 Å². The molecule has 2 unspecified atom stereocenters. The summed E-state index contributed by atoms with van der Waals surface area (Å²) in [4.78, 5) is 0. The lowest BCUT2D eigenvalue weighted by atomic mass is 9.75. The predicted octanol–water partition coefficient (Wildman–Crippen LogP) is 5.52. The average molecular weight is 212 g/mol. The van der Waals surface area contributed by atoms with Gasteiger partial charge in [-0.3, -0.25) is 0 Å². The summed E-state index contributed by atoms with van der Waals surface area (Å²) in [5.41, 5.74) is 0. The number of rotatable bonds is 8. The Bertz CT molecular complexity index is 133. The molecule has 0 spiro atoms. The summed E-state index contributed by atoms with van der Waals surface area (Å²) in [7, 11) is 0. The summed E-state index contributed by atoms with van der Waals surface area (Å²) in [5.74, 6) is 3.66. The van der Waals surface area contributed by atoms with Crippen molar-refractivity contribution in [1.82, 2.24) is 0 Å². The third-order valence-electron chi connectivity index (χ3n) is 4.09. The minimum Gasteiger partial charge on any atom is -0.0654 e. The SMILES string of the molecule is CCCC(C)C(CC(CC)CC)C(C)C. The lowest BCUT2D eigenvalue weighted by Gasteiger charge is -2.30. The smallest absolute Gasteiger partial charge is 0.0363 e. The van der Waals surface area contributed by atoms with Gasteiger partial charge in [-0.15, -0.1) is 0 Å². The van der Waals surface area contributed by atoms with Crippen LogP contribution in [0.1, 0.15) is 73.6 Å². The number of hydrogen-bond donors (Lipinski definition) is 0. The third-order valence-corrected chi connectivity index (χ3v) is 4.09. The molecule has 0 bridgehead atoms. The first-order valence-electron chi connectivity index (χ1n) is 7.06. The Morgan fingerprint density at radius 1 is 0.867 bits per heavy atom. The molecule has 0 aromatic heterocycles. The standard InChI is InChI=1S/C15H32/c1-7-10-13(6)15(12(4)5)11-14(8-2)9-3/h12-15H,7-11H2,1-6H3. The van der Waals surface area contributed by atoms with Gasteiger partial charge >= 0.3 is 0 Å². The summed E-state index contributed by atoms with van der Waals surface area (Å²) < 4.78 is 0. The van der Waals surface area contributed by atoms with Crippen LogP contribution in [-0.2, 0) is 0 Å². The normalized spacial score (nSPS) is 16.0. The zero-order valence-electron chi connectivity index (χ0n) is 11.8. The average Bonchev–Trinajstić information content (AvgIpc) is 2.19. The molecule has 0 heteroatoms. The maximum Gasteiger partial charge on any atom is -0.0363 e. The van der Waals surface area contributed by atoms with Gasteiger partial charge in [-0.1, -0.05) is 67.2 Å². The van der Waals surface area contributed by atoms with Crippen molar-refractivity contribution >= 4 is 0 Å². The maximum atomic E-state index is 2.45. The van der Waals surface area contributed by atoms with Crippen LogP contribution in [0.2, 0.25) is 0 Å². The van der Waals surface area contributed by atoms with Crippen LogP contribution in [-0.4, -0.2) is 0 Å². The van der Waals surface area contributed by atoms with Gasteiger partial charge in [0.25, 0.3) is 0 Å². The summed E-state index contributed by atoms with van der Waals surface area (Å²) in [6.45, 7) is 14.3. The second-order valence-electron chi connectivity index (χ2n) is 5.59. The largest absolute Gasteiger partial charge is 0.0654 e. The summed E-state index contributed by atoms with van der Waals surface area (Å²) in [5, 5.41) is 0. The van der Waals surface area contributed by atoms with Gasteiger partial charge in [-0.25, -0.2) is 0 Å². The molecular formula is C15H32. The van der Waals surface area contributed by atoms with E-state index in [1.165, 1.54) is 32.1 Å². The molecule has 0 saturated carbocycles. The molecule has 0 radical (unpaired) electrons. The predicted molar refractivity (Wildman–Crippen MR) is 71.1 cm³/mol. The number of hydrogen-bond acceptors (Lipinski definition) is 0. The molecule has 0 aliphatic carbocycles. The fourth-order valence-electron chi connectivity index (χ4n) is 2.84. The Morgan fingerprint density at radius 2 is 1.40 bits per heavy atom. The van der Waals surface area contributed by atoms with Crippen molar-refractivity contribution in [3.05, 3.63) is 0 Å². The molecule has 0 amide bonds. The van der Waals surface area contributed by atoms with Gasteiger partial charge in [0.2, 0.25) is 0 Å². The summed E-state index contributed by atoms with van der Waals surface area (Å²) in [6.07, 6.45) is 6.92. The molecule has 0 fully saturated rings. The fraction of sp³-hybridized carbons (Fsp3) is 1.00. The van der Waals surface area contributed by atoms with Crippen LogP contribution < -0.4 is 0 Å². The molecular weight excluding hydrogens is 180 g/mol. The minimum atomic E-state index is 0.854. The van der Waals surface area contributed by atoms with Gasteiger partial charge in [0.05, 0.1) is 0 Å². The first kappa shape index (κ1) is 15.0. The highest BCUT2D eigenvalue weighted by Crippen LogP contribution is 2.32. The van der Waals surface area contributed by atoms with E-state index in [-0.39, 0.29) is 0 Å². The monoisotopic (exact) mass is 212 g/mol. The van der Waals surface area contributed by atoms with Crippen LogP contribution >= 0.6 is 0 Å². The molecule has 0 saturated heterocycles. The molecule has 0 rings (SSSR count). The second kappa shape index (κ2) is 8.19. The van der Waals surface area contributed by atoms with Gasteiger partial charge in [0.15, 0.2) is 0 Å². The summed E-state index contributed by atoms with van der Waals surface area (Å²) >= 11 is 0. The molecule has 0 aromatic rings. The topological polar surface area (TPSA) is 0 Å². The van der Waals surface area contributed by atoms with Crippen molar-refractivity contribution in [1.29, 1.82) is 0 Å². The third kappa shape index (κ3) is 5.58. The molecule has 0 N–H and O–H groups in total. The van der Waals surface area contributed by atoms with E-state index in [0.717, 1.165) is 23.7 Å². The first-order chi connectivity index (χ1) is 7.06. The lowest BCUT2D eigenvalue weighted by molar-refractivity contribution is 0.200. The van der Waals surface area contributed by atoms with E-state index in [4.69, 9.17) is 0 Å². The summed E-state index contributed by atoms with van der Waals surface area (Å²) in [6, 6.07) is 0. The van der Waals surface area contributed by atoms with Gasteiger partial charge in [0.1, 0.15) is 0 Å². The van der Waals surface area contributed by atoms with E-state index in [2.05, 4.69) is 41.5 Å². The molecule has 92 valence electrons. The van der Waals surface area contributed by atoms with Crippen LogP contribution in [0.5, 0.6) is 0 Å². The van der Waals surface area contributed by atoms with Crippen molar-refractivity contribution in [2.75, 3.05) is 0 Å². The van der Waals surface area contributed by atoms with Crippen LogP contribution in [0.15, 0.2) is 0 Å². The Labute approximate surface area is 97.8 Å². The van der Waals surface area contributed by atoms with Gasteiger partial charge in [0, 0.05) is 0 Å². The van der Waals surface area contributed by atoms with Crippen LogP contribution in [0.25, 0.3) is 0 Å². The van der Waals surface area contributed by atoms with Gasteiger partial charge in [-0.2, -0.15) is 0 Å². The van der Waals surface area contributed by atoms with Gasteiger partial charge < -0.3 is 0 Å². The van der Waals surface area contributed by atoms with Crippen molar-refractivity contribution in [3.8, 4) is 0 Å². The molecule has 2 atom stereocenters. The van der Waals surface area contributed by atoms with Crippen LogP contribution in [0.3, 0.4) is 0 Å². The van der Waals surface area contributed by atoms with E-state index in [1.807, 2.05) is 0 Å². The van der Waals surface area contributed by atoms with E-state index in [9.17, 15) is 0 Å². The Morgan fingerprint density at radius 3 is 1.73 bits per heavy atom. The second-order valence-corrected chi connectivity index (χ2v) is 5.59. The highest BCUT2D eigenvalue weighted by Gasteiger charge is 2.22. The van der Waals surface area contributed by atoms with Crippen molar-refractivity contribution in [2.24, 2.45) is 23.7 Å². The molecule has 0 nitrogen and oxygen atoms in total. The van der Waals surface area contributed by atoms with E-state index in [1.54, 1.807) is 0 Å². The van der Waals surface area contributed by atoms with Crippen molar-refractivity contribution in [3.63, 3.8) is 0 Å². The molecule has 0 aliphatic heterocycles.